The highest BCUT2D eigenvalue weighted by atomic mass is 16.5. The van der Waals surface area contributed by atoms with Crippen molar-refractivity contribution in [1.82, 2.24) is 29.7 Å². The van der Waals surface area contributed by atoms with Crippen LogP contribution in [0.15, 0.2) is 45.7 Å². The third-order valence-electron chi connectivity index (χ3n) is 10.9. The molecule has 270 valence electrons. The van der Waals surface area contributed by atoms with E-state index >= 15 is 0 Å². The van der Waals surface area contributed by atoms with Gasteiger partial charge in [0.25, 0.3) is 11.8 Å². The topological polar surface area (TPSA) is 145 Å². The molecule has 1 N–H and O–H groups in total. The number of carbonyl (C=O) groups excluding carboxylic acids is 3. The van der Waals surface area contributed by atoms with Gasteiger partial charge in [0.1, 0.15) is 6.04 Å². The van der Waals surface area contributed by atoms with Gasteiger partial charge in [-0.15, -0.1) is 0 Å². The zero-order valence-corrected chi connectivity index (χ0v) is 30.4. The highest BCUT2D eigenvalue weighted by molar-refractivity contribution is 5.95. The van der Waals surface area contributed by atoms with E-state index in [2.05, 4.69) is 16.4 Å². The second kappa shape index (κ2) is 14.8. The largest absolute Gasteiger partial charge is 0.459 e. The van der Waals surface area contributed by atoms with E-state index in [1.807, 2.05) is 43.3 Å². The molecule has 2 atom stereocenters. The summed E-state index contributed by atoms with van der Waals surface area (Å²) in [6, 6.07) is 13.1. The summed E-state index contributed by atoms with van der Waals surface area (Å²) in [7, 11) is 6.91. The lowest BCUT2D eigenvalue weighted by molar-refractivity contribution is -0.130. The minimum atomic E-state index is -1.05. The van der Waals surface area contributed by atoms with Crippen molar-refractivity contribution < 1.29 is 18.9 Å². The molecule has 1 aromatic heterocycles. The molecule has 2 fully saturated rings. The lowest BCUT2D eigenvalue weighted by Gasteiger charge is -2.39. The van der Waals surface area contributed by atoms with Crippen molar-refractivity contribution in [2.45, 2.75) is 94.7 Å². The van der Waals surface area contributed by atoms with Crippen LogP contribution in [0.1, 0.15) is 113 Å². The fourth-order valence-corrected chi connectivity index (χ4v) is 8.41. The van der Waals surface area contributed by atoms with E-state index in [1.165, 1.54) is 0 Å². The van der Waals surface area contributed by atoms with Gasteiger partial charge < -0.3 is 24.5 Å². The number of amides is 3. The van der Waals surface area contributed by atoms with Gasteiger partial charge in [-0.05, 0) is 98.4 Å². The number of nitrogens with zero attached hydrogens (tertiary/aromatic N) is 6. The molecule has 3 aromatic rings. The number of fused-ring (bicyclic) bond motifs is 2. The highest BCUT2D eigenvalue weighted by Crippen LogP contribution is 2.49. The van der Waals surface area contributed by atoms with E-state index in [4.69, 9.17) is 4.52 Å². The van der Waals surface area contributed by atoms with Crippen molar-refractivity contribution >= 4 is 17.7 Å². The summed E-state index contributed by atoms with van der Waals surface area (Å²) >= 11 is 0. The molecular weight excluding hydrogens is 646 g/mol. The van der Waals surface area contributed by atoms with Gasteiger partial charge in [0, 0.05) is 51.9 Å². The smallest absolute Gasteiger partial charge is 0.345 e. The van der Waals surface area contributed by atoms with Gasteiger partial charge in [-0.2, -0.15) is 15.0 Å². The van der Waals surface area contributed by atoms with Crippen LogP contribution in [-0.4, -0.2) is 95.5 Å². The average Bonchev–Trinajstić information content (AvgIpc) is 3.75. The number of nitrogens with one attached hydrogen (secondary N) is 1. The molecule has 0 bridgehead atoms. The van der Waals surface area contributed by atoms with E-state index in [-0.39, 0.29) is 36.3 Å². The Labute approximate surface area is 299 Å². The van der Waals surface area contributed by atoms with Crippen molar-refractivity contribution in [2.75, 3.05) is 41.3 Å². The monoisotopic (exact) mass is 695 g/mol. The average molecular weight is 696 g/mol. The molecular formula is C39H49N7O5. The zero-order valence-electron chi connectivity index (χ0n) is 30.4. The standard InChI is InChI=1S/C39H49N7O5/c1-25(41-24-34(47)45-19-9-12-31(45)23-40)22-39(37-42-38(50)51-46(37)30-10-7-6-8-11-30)32-17-15-28(35(48)43(2)3)20-26(32)13-14-27-21-29(16-18-33(27)39)36(49)44(4)5/h15-18,20-21,25,30-31,41H,6-14,19,22,24H2,1-5H3/t25-,31?/m0/s1. The summed E-state index contributed by atoms with van der Waals surface area (Å²) in [6.45, 7) is 2.63. The van der Waals surface area contributed by atoms with E-state index in [1.54, 1.807) is 47.6 Å². The van der Waals surface area contributed by atoms with E-state index in [9.17, 15) is 24.4 Å². The minimum absolute atomic E-state index is 0.0515. The first-order valence-electron chi connectivity index (χ1n) is 18.2. The summed E-state index contributed by atoms with van der Waals surface area (Å²) in [6.07, 6.45) is 7.90. The number of carbonyl (C=O) groups is 3. The summed E-state index contributed by atoms with van der Waals surface area (Å²) < 4.78 is 7.73. The Bertz CT molecular complexity index is 1830. The number of aryl methyl sites for hydroxylation is 2. The fourth-order valence-electron chi connectivity index (χ4n) is 8.41. The van der Waals surface area contributed by atoms with Gasteiger partial charge in [0.15, 0.2) is 5.82 Å². The number of nitriles is 1. The predicted octanol–water partition coefficient (Wildman–Crippen LogP) is 4.06. The van der Waals surface area contributed by atoms with Crippen molar-refractivity contribution in [3.8, 4) is 6.07 Å². The zero-order chi connectivity index (χ0) is 36.4. The van der Waals surface area contributed by atoms with E-state index in [0.29, 0.717) is 49.2 Å². The molecule has 1 aliphatic heterocycles. The first-order chi connectivity index (χ1) is 24.4. The van der Waals surface area contributed by atoms with Gasteiger partial charge in [-0.3, -0.25) is 14.4 Å². The third-order valence-corrected chi connectivity index (χ3v) is 10.9. The van der Waals surface area contributed by atoms with Gasteiger partial charge in [-0.1, -0.05) is 31.4 Å². The Morgan fingerprint density at radius 1 is 0.941 bits per heavy atom. The van der Waals surface area contributed by atoms with Crippen molar-refractivity contribution in [3.63, 3.8) is 0 Å². The Hall–Kier alpha value is -4.76. The van der Waals surface area contributed by atoms with Crippen LogP contribution in [0.25, 0.3) is 0 Å². The first-order valence-corrected chi connectivity index (χ1v) is 18.2. The third kappa shape index (κ3) is 6.96. The van der Waals surface area contributed by atoms with E-state index in [0.717, 1.165) is 60.8 Å². The maximum absolute atomic E-state index is 13.4. The summed E-state index contributed by atoms with van der Waals surface area (Å²) in [5, 5.41) is 13.1. The normalized spacial score (nSPS) is 19.0. The summed E-state index contributed by atoms with van der Waals surface area (Å²) in [4.78, 5) is 62.6. The Morgan fingerprint density at radius 3 is 2.08 bits per heavy atom. The molecule has 1 unspecified atom stereocenters. The van der Waals surface area contributed by atoms with Crippen LogP contribution >= 0.6 is 0 Å². The lowest BCUT2D eigenvalue weighted by Crippen LogP contribution is -2.46. The minimum Gasteiger partial charge on any atom is -0.345 e. The Morgan fingerprint density at radius 2 is 1.53 bits per heavy atom. The van der Waals surface area contributed by atoms with Crippen LogP contribution in [0.4, 0.5) is 0 Å². The molecule has 0 radical (unpaired) electrons. The maximum atomic E-state index is 13.4. The van der Waals surface area contributed by atoms with Crippen LogP contribution in [0, 0.1) is 11.3 Å². The van der Waals surface area contributed by atoms with Gasteiger partial charge >= 0.3 is 5.76 Å². The highest BCUT2D eigenvalue weighted by Gasteiger charge is 2.48. The quantitative estimate of drug-likeness (QED) is 0.353. The molecule has 6 rings (SSSR count). The number of benzene rings is 2. The fraction of sp³-hybridized carbons (Fsp3) is 0.538. The van der Waals surface area contributed by atoms with Gasteiger partial charge in [0.2, 0.25) is 5.91 Å². The van der Waals surface area contributed by atoms with Crippen LogP contribution in [0.5, 0.6) is 0 Å². The van der Waals surface area contributed by atoms with Crippen LogP contribution < -0.4 is 11.1 Å². The Balaban J connectivity index is 1.55. The maximum Gasteiger partial charge on any atom is 0.459 e. The molecule has 0 spiro atoms. The lowest BCUT2D eigenvalue weighted by atomic mass is 9.67. The molecule has 12 heteroatoms. The van der Waals surface area contributed by atoms with Crippen molar-refractivity contribution in [3.05, 3.63) is 86.2 Å². The summed E-state index contributed by atoms with van der Waals surface area (Å²) in [5.41, 5.74) is 3.77. The molecule has 3 amide bonds. The SMILES string of the molecule is C[C@@H](CC1(c2nc(=O)on2C2CCCCC2)c2ccc(C(=O)N(C)C)cc2CCc2cc(C(=O)N(C)C)ccc21)NCC(=O)N1CCCC1C#N. The van der Waals surface area contributed by atoms with Crippen LogP contribution in [0.3, 0.4) is 0 Å². The molecule has 3 aliphatic rings. The molecule has 2 aliphatic carbocycles. The van der Waals surface area contributed by atoms with Crippen molar-refractivity contribution in [2.24, 2.45) is 0 Å². The second-order valence-corrected chi connectivity index (χ2v) is 14.8. The number of hydrogen-bond donors (Lipinski definition) is 1. The van der Waals surface area contributed by atoms with E-state index < -0.39 is 17.2 Å². The molecule has 12 nitrogen and oxygen atoms in total. The molecule has 2 aromatic carbocycles. The second-order valence-electron chi connectivity index (χ2n) is 14.8. The Kier molecular flexibility index (Phi) is 10.5. The van der Waals surface area contributed by atoms with Gasteiger partial charge in [-0.25, -0.2) is 4.79 Å². The number of rotatable bonds is 9. The van der Waals surface area contributed by atoms with Crippen LogP contribution in [-0.2, 0) is 23.1 Å². The molecule has 51 heavy (non-hydrogen) atoms. The molecule has 2 heterocycles. The number of aromatic nitrogens is 2. The van der Waals surface area contributed by atoms with Gasteiger partial charge in [0.05, 0.1) is 24.1 Å². The molecule has 1 saturated carbocycles. The number of hydrogen-bond acceptors (Lipinski definition) is 8. The van der Waals surface area contributed by atoms with Crippen LogP contribution in [0.2, 0.25) is 0 Å². The van der Waals surface area contributed by atoms with Crippen molar-refractivity contribution in [1.29, 1.82) is 5.26 Å². The number of likely N-dealkylation sites (tertiary alicyclic amines) is 1. The molecule has 1 saturated heterocycles. The first kappa shape index (κ1) is 36.0. The summed E-state index contributed by atoms with van der Waals surface area (Å²) in [5.74, 6) is -0.535. The predicted molar refractivity (Wildman–Crippen MR) is 192 cm³/mol.